The highest BCUT2D eigenvalue weighted by Gasteiger charge is 2.37. The van der Waals surface area contributed by atoms with Gasteiger partial charge in [0.05, 0.1) is 18.1 Å². The number of nitrogens with zero attached hydrogens (tertiary/aromatic N) is 1. The predicted octanol–water partition coefficient (Wildman–Crippen LogP) is 0.144. The Kier molecular flexibility index (Phi) is 3.29. The molecule has 0 aromatic carbocycles. The molecule has 2 atom stereocenters. The van der Waals surface area contributed by atoms with E-state index in [0.717, 1.165) is 11.5 Å². The smallest absolute Gasteiger partial charge is 0.153 e. The molecule has 1 fully saturated rings. The Morgan fingerprint density at radius 2 is 2.18 bits per heavy atom. The van der Waals surface area contributed by atoms with Gasteiger partial charge in [-0.25, -0.2) is 8.42 Å². The van der Waals surface area contributed by atoms with Crippen molar-refractivity contribution in [3.8, 4) is 0 Å². The molecule has 1 aliphatic heterocycles. The van der Waals surface area contributed by atoms with Crippen molar-refractivity contribution in [2.45, 2.75) is 25.6 Å². The minimum Gasteiger partial charge on any atom is -0.465 e. The molecule has 2 heterocycles. The number of sulfone groups is 1. The summed E-state index contributed by atoms with van der Waals surface area (Å²) in [5.74, 6) is 1.92. The largest absolute Gasteiger partial charge is 0.465 e. The van der Waals surface area contributed by atoms with Gasteiger partial charge in [0.1, 0.15) is 11.5 Å². The molecule has 0 spiro atoms. The number of hydrogen-bond acceptors (Lipinski definition) is 5. The molecule has 1 aromatic heterocycles. The third kappa shape index (κ3) is 2.88. The summed E-state index contributed by atoms with van der Waals surface area (Å²) in [5.41, 5.74) is 5.86. The molecule has 0 amide bonds. The van der Waals surface area contributed by atoms with Crippen LogP contribution in [0.3, 0.4) is 0 Å². The maximum atomic E-state index is 11.5. The number of rotatable bonds is 3. The van der Waals surface area contributed by atoms with Gasteiger partial charge in [-0.2, -0.15) is 0 Å². The number of likely N-dealkylation sites (N-methyl/N-ethyl adjacent to an activating group) is 1. The molecule has 2 unspecified atom stereocenters. The molecule has 0 aliphatic carbocycles. The van der Waals surface area contributed by atoms with Crippen molar-refractivity contribution in [1.29, 1.82) is 0 Å². The Morgan fingerprint density at radius 1 is 1.47 bits per heavy atom. The minimum absolute atomic E-state index is 0.0825. The lowest BCUT2D eigenvalue weighted by Crippen LogP contribution is -2.44. The van der Waals surface area contributed by atoms with E-state index in [1.165, 1.54) is 0 Å². The summed E-state index contributed by atoms with van der Waals surface area (Å²) >= 11 is 0. The molecule has 0 saturated carbocycles. The first-order valence-corrected chi connectivity index (χ1v) is 7.41. The molecular weight excluding hydrogens is 240 g/mol. The highest BCUT2D eigenvalue weighted by molar-refractivity contribution is 7.91. The maximum Gasteiger partial charge on any atom is 0.153 e. The second kappa shape index (κ2) is 4.44. The number of nitrogens with two attached hydrogens (primary N) is 1. The van der Waals surface area contributed by atoms with E-state index in [-0.39, 0.29) is 23.6 Å². The van der Waals surface area contributed by atoms with Crippen LogP contribution >= 0.6 is 0 Å². The van der Waals surface area contributed by atoms with Gasteiger partial charge >= 0.3 is 0 Å². The summed E-state index contributed by atoms with van der Waals surface area (Å²) in [7, 11) is -1.10. The van der Waals surface area contributed by atoms with Crippen LogP contribution in [0.25, 0.3) is 0 Å². The molecule has 17 heavy (non-hydrogen) atoms. The van der Waals surface area contributed by atoms with Gasteiger partial charge in [0.25, 0.3) is 0 Å². The first-order chi connectivity index (χ1) is 7.87. The molecule has 1 aromatic rings. The van der Waals surface area contributed by atoms with Crippen molar-refractivity contribution < 1.29 is 12.8 Å². The lowest BCUT2D eigenvalue weighted by molar-refractivity contribution is 0.217. The van der Waals surface area contributed by atoms with E-state index >= 15 is 0 Å². The van der Waals surface area contributed by atoms with Gasteiger partial charge in [0.2, 0.25) is 0 Å². The standard InChI is InChI=1S/C11H18N2O3S/c1-8-3-4-9(16-8)5-13(2)11-7-17(14,15)6-10(11)12/h3-4,10-11H,5-7,12H2,1-2H3. The van der Waals surface area contributed by atoms with Crippen molar-refractivity contribution in [3.05, 3.63) is 23.7 Å². The molecular formula is C11H18N2O3S. The van der Waals surface area contributed by atoms with Crippen molar-refractivity contribution in [2.24, 2.45) is 5.73 Å². The predicted molar refractivity (Wildman–Crippen MR) is 65.3 cm³/mol. The van der Waals surface area contributed by atoms with Crippen LogP contribution < -0.4 is 5.73 Å². The van der Waals surface area contributed by atoms with Gasteiger partial charge in [-0.15, -0.1) is 0 Å². The topological polar surface area (TPSA) is 76.5 Å². The van der Waals surface area contributed by atoms with Crippen LogP contribution in [0.1, 0.15) is 11.5 Å². The fourth-order valence-corrected chi connectivity index (χ4v) is 4.21. The lowest BCUT2D eigenvalue weighted by Gasteiger charge is -2.25. The Morgan fingerprint density at radius 3 is 2.65 bits per heavy atom. The third-order valence-electron chi connectivity index (χ3n) is 3.13. The van der Waals surface area contributed by atoms with Crippen LogP contribution in [-0.2, 0) is 16.4 Å². The zero-order chi connectivity index (χ0) is 12.6. The second-order valence-electron chi connectivity index (χ2n) is 4.74. The number of hydrogen-bond donors (Lipinski definition) is 1. The summed E-state index contributed by atoms with van der Waals surface area (Å²) in [6.45, 7) is 2.47. The number of furan rings is 1. The van der Waals surface area contributed by atoms with E-state index in [0.29, 0.717) is 6.54 Å². The quantitative estimate of drug-likeness (QED) is 0.835. The molecule has 2 rings (SSSR count). The van der Waals surface area contributed by atoms with Gasteiger partial charge in [0.15, 0.2) is 9.84 Å². The zero-order valence-corrected chi connectivity index (χ0v) is 10.9. The highest BCUT2D eigenvalue weighted by Crippen LogP contribution is 2.18. The third-order valence-corrected chi connectivity index (χ3v) is 4.87. The number of aryl methyl sites for hydroxylation is 1. The molecule has 5 nitrogen and oxygen atoms in total. The van der Waals surface area contributed by atoms with Crippen molar-refractivity contribution in [1.82, 2.24) is 4.90 Å². The van der Waals surface area contributed by atoms with Crippen LogP contribution in [0, 0.1) is 6.92 Å². The van der Waals surface area contributed by atoms with E-state index in [1.807, 2.05) is 31.0 Å². The van der Waals surface area contributed by atoms with Crippen LogP contribution in [0.5, 0.6) is 0 Å². The molecule has 1 saturated heterocycles. The summed E-state index contributed by atoms with van der Waals surface area (Å²) in [5, 5.41) is 0. The van der Waals surface area contributed by atoms with Crippen molar-refractivity contribution in [3.63, 3.8) is 0 Å². The molecule has 6 heteroatoms. The normalized spacial score (nSPS) is 27.8. The molecule has 96 valence electrons. The molecule has 2 N–H and O–H groups in total. The van der Waals surface area contributed by atoms with Gasteiger partial charge in [-0.1, -0.05) is 0 Å². The Bertz CT molecular complexity index is 495. The molecule has 1 aliphatic rings. The van der Waals surface area contributed by atoms with Crippen LogP contribution in [0.4, 0.5) is 0 Å². The first kappa shape index (κ1) is 12.6. The SMILES string of the molecule is Cc1ccc(CN(C)C2CS(=O)(=O)CC2N)o1. The van der Waals surface area contributed by atoms with Gasteiger partial charge in [0, 0.05) is 12.1 Å². The monoisotopic (exact) mass is 258 g/mol. The summed E-state index contributed by atoms with van der Waals surface area (Å²) < 4.78 is 28.4. The van der Waals surface area contributed by atoms with Crippen LogP contribution in [0.15, 0.2) is 16.5 Å². The zero-order valence-electron chi connectivity index (χ0n) is 10.1. The van der Waals surface area contributed by atoms with Gasteiger partial charge in [-0.05, 0) is 26.1 Å². The molecule has 0 radical (unpaired) electrons. The Labute approximate surface area is 101 Å². The second-order valence-corrected chi connectivity index (χ2v) is 6.89. The van der Waals surface area contributed by atoms with Crippen LogP contribution in [0.2, 0.25) is 0 Å². The van der Waals surface area contributed by atoms with Gasteiger partial charge < -0.3 is 10.2 Å². The van der Waals surface area contributed by atoms with Crippen molar-refractivity contribution >= 4 is 9.84 Å². The van der Waals surface area contributed by atoms with Crippen molar-refractivity contribution in [2.75, 3.05) is 18.6 Å². The van der Waals surface area contributed by atoms with E-state index in [2.05, 4.69) is 0 Å². The van der Waals surface area contributed by atoms with E-state index in [1.54, 1.807) is 0 Å². The van der Waals surface area contributed by atoms with Gasteiger partial charge in [-0.3, -0.25) is 4.90 Å². The summed E-state index contributed by atoms with van der Waals surface area (Å²) in [6.07, 6.45) is 0. The first-order valence-electron chi connectivity index (χ1n) is 5.59. The average Bonchev–Trinajstić information content (AvgIpc) is 2.70. The lowest BCUT2D eigenvalue weighted by atomic mass is 10.1. The fraction of sp³-hybridized carbons (Fsp3) is 0.636. The van der Waals surface area contributed by atoms with Crippen LogP contribution in [-0.4, -0.2) is 44.0 Å². The Hall–Kier alpha value is -0.850. The molecule has 0 bridgehead atoms. The fourth-order valence-electron chi connectivity index (χ4n) is 2.24. The van der Waals surface area contributed by atoms with E-state index < -0.39 is 9.84 Å². The minimum atomic E-state index is -2.97. The average molecular weight is 258 g/mol. The Balaban J connectivity index is 2.03. The highest BCUT2D eigenvalue weighted by atomic mass is 32.2. The maximum absolute atomic E-state index is 11.5. The summed E-state index contributed by atoms with van der Waals surface area (Å²) in [6, 6.07) is 3.38. The summed E-state index contributed by atoms with van der Waals surface area (Å²) in [4.78, 5) is 1.95. The van der Waals surface area contributed by atoms with E-state index in [9.17, 15) is 8.42 Å². The van der Waals surface area contributed by atoms with E-state index in [4.69, 9.17) is 10.2 Å².